The first-order valence-electron chi connectivity index (χ1n) is 14.7. The summed E-state index contributed by atoms with van der Waals surface area (Å²) in [6, 6.07) is 21.9. The highest BCUT2D eigenvalue weighted by molar-refractivity contribution is 9.10. The average molecular weight is 777 g/mol. The quantitative estimate of drug-likeness (QED) is 0.179. The first-order chi connectivity index (χ1) is 22.8. The predicted octanol–water partition coefficient (Wildman–Crippen LogP) is 9.81. The Bertz CT molecular complexity index is 2500. The van der Waals surface area contributed by atoms with Crippen molar-refractivity contribution in [1.29, 1.82) is 0 Å². The molecule has 0 unspecified atom stereocenters. The highest BCUT2D eigenvalue weighted by atomic mass is 79.9. The molecule has 4 aromatic carbocycles. The zero-order valence-corrected chi connectivity index (χ0v) is 29.2. The SMILES string of the molecule is Cc1cc(=O)c2ccc(Br)cc2n1-c1ccc(F)cc1F.Cc1noc(C)c1-c1ccc2c(=O)cc(C)n(-c3ccc(Br)cc3F)c2c1. The van der Waals surface area contributed by atoms with E-state index in [1.165, 1.54) is 30.3 Å². The van der Waals surface area contributed by atoms with Gasteiger partial charge in [-0.05, 0) is 93.9 Å². The third-order valence-corrected chi connectivity index (χ3v) is 8.97. The Morgan fingerprint density at radius 2 is 1.15 bits per heavy atom. The van der Waals surface area contributed by atoms with E-state index < -0.39 is 11.6 Å². The third-order valence-electron chi connectivity index (χ3n) is 7.98. The fourth-order valence-electron chi connectivity index (χ4n) is 5.88. The number of fused-ring (bicyclic) bond motifs is 2. The lowest BCUT2D eigenvalue weighted by atomic mass is 10.0. The van der Waals surface area contributed by atoms with E-state index in [4.69, 9.17) is 4.52 Å². The number of nitrogens with zero attached hydrogens (tertiary/aromatic N) is 3. The van der Waals surface area contributed by atoms with Crippen LogP contribution >= 0.6 is 31.9 Å². The van der Waals surface area contributed by atoms with Gasteiger partial charge in [0.05, 0.1) is 28.1 Å². The lowest BCUT2D eigenvalue weighted by Crippen LogP contribution is -2.12. The van der Waals surface area contributed by atoms with Crippen LogP contribution in [0.3, 0.4) is 0 Å². The summed E-state index contributed by atoms with van der Waals surface area (Å²) in [5.74, 6) is -0.994. The van der Waals surface area contributed by atoms with E-state index >= 15 is 0 Å². The summed E-state index contributed by atoms with van der Waals surface area (Å²) >= 11 is 6.64. The minimum atomic E-state index is -0.678. The third kappa shape index (κ3) is 6.15. The second-order valence-electron chi connectivity index (χ2n) is 11.3. The molecule has 3 heterocycles. The van der Waals surface area contributed by atoms with Gasteiger partial charge in [-0.15, -0.1) is 0 Å². The molecule has 7 rings (SSSR count). The van der Waals surface area contributed by atoms with E-state index in [1.54, 1.807) is 59.4 Å². The summed E-state index contributed by atoms with van der Waals surface area (Å²) in [4.78, 5) is 24.6. The Kier molecular flexibility index (Phi) is 9.02. The molecule has 0 aliphatic carbocycles. The maximum absolute atomic E-state index is 14.7. The molecule has 0 amide bonds. The molecular weight excluding hydrogens is 751 g/mol. The number of pyridine rings is 2. The lowest BCUT2D eigenvalue weighted by Gasteiger charge is -2.16. The largest absolute Gasteiger partial charge is 0.361 e. The van der Waals surface area contributed by atoms with E-state index in [1.807, 2.05) is 26.0 Å². The maximum atomic E-state index is 14.7. The summed E-state index contributed by atoms with van der Waals surface area (Å²) in [7, 11) is 0. The van der Waals surface area contributed by atoms with Crippen LogP contribution in [0.25, 0.3) is 44.3 Å². The van der Waals surface area contributed by atoms with Crippen molar-refractivity contribution in [3.05, 3.63) is 155 Å². The number of aryl methyl sites for hydroxylation is 4. The van der Waals surface area contributed by atoms with Gasteiger partial charge >= 0.3 is 0 Å². The van der Waals surface area contributed by atoms with Gasteiger partial charge in [-0.2, -0.15) is 0 Å². The maximum Gasteiger partial charge on any atom is 0.189 e. The van der Waals surface area contributed by atoms with Gasteiger partial charge in [0, 0.05) is 54.9 Å². The van der Waals surface area contributed by atoms with Crippen LogP contribution in [0.4, 0.5) is 13.2 Å². The highest BCUT2D eigenvalue weighted by Gasteiger charge is 2.17. The molecule has 0 saturated carbocycles. The van der Waals surface area contributed by atoms with Gasteiger partial charge in [-0.25, -0.2) is 13.2 Å². The van der Waals surface area contributed by atoms with Gasteiger partial charge in [0.15, 0.2) is 10.9 Å². The number of benzene rings is 4. The summed E-state index contributed by atoms with van der Waals surface area (Å²) in [6.07, 6.45) is 0. The van der Waals surface area contributed by atoms with Gasteiger partial charge in [0.2, 0.25) is 0 Å². The van der Waals surface area contributed by atoms with E-state index in [0.717, 1.165) is 27.4 Å². The monoisotopic (exact) mass is 775 g/mol. The Morgan fingerprint density at radius 3 is 1.71 bits per heavy atom. The number of aromatic nitrogens is 3. The summed E-state index contributed by atoms with van der Waals surface area (Å²) < 4.78 is 52.0. The summed E-state index contributed by atoms with van der Waals surface area (Å²) in [5, 5.41) is 5.01. The number of rotatable bonds is 3. The summed E-state index contributed by atoms with van der Waals surface area (Å²) in [6.45, 7) is 7.22. The first-order valence-corrected chi connectivity index (χ1v) is 16.2. The van der Waals surface area contributed by atoms with Gasteiger partial charge in [0.25, 0.3) is 0 Å². The minimum absolute atomic E-state index is 0.0958. The molecule has 0 aliphatic rings. The zero-order valence-electron chi connectivity index (χ0n) is 26.0. The molecule has 0 aliphatic heterocycles. The van der Waals surface area contributed by atoms with Crippen molar-refractivity contribution in [2.45, 2.75) is 27.7 Å². The van der Waals surface area contributed by atoms with Crippen LogP contribution in [0, 0.1) is 45.1 Å². The molecule has 0 fully saturated rings. The van der Waals surface area contributed by atoms with Crippen LogP contribution in [0.5, 0.6) is 0 Å². The molecular formula is C37H26Br2F3N3O3. The van der Waals surface area contributed by atoms with Crippen molar-refractivity contribution >= 4 is 53.7 Å². The van der Waals surface area contributed by atoms with Crippen LogP contribution in [0.15, 0.2) is 108 Å². The van der Waals surface area contributed by atoms with Crippen LogP contribution in [-0.2, 0) is 0 Å². The standard InChI is InChI=1S/C21H16BrFN2O2.C16H10BrF2NO/c1-11-8-20(26)16-6-4-14(21-12(2)24-27-13(21)3)9-19(16)25(11)18-7-5-15(22)10-17(18)23;1-9-6-16(21)12-4-2-10(17)7-15(12)20(9)14-5-3-11(18)8-13(14)19/h4-10H,1-3H3;2-8H,1H3. The molecule has 0 spiro atoms. The van der Waals surface area contributed by atoms with Gasteiger partial charge in [-0.3, -0.25) is 9.59 Å². The van der Waals surface area contributed by atoms with Crippen molar-refractivity contribution in [2.24, 2.45) is 0 Å². The van der Waals surface area contributed by atoms with Crippen molar-refractivity contribution in [2.75, 3.05) is 0 Å². The molecule has 6 nitrogen and oxygen atoms in total. The van der Waals surface area contributed by atoms with Gasteiger partial charge in [0.1, 0.15) is 23.2 Å². The molecule has 48 heavy (non-hydrogen) atoms. The Balaban J connectivity index is 0.000000173. The van der Waals surface area contributed by atoms with Crippen molar-refractivity contribution < 1.29 is 17.7 Å². The summed E-state index contributed by atoms with van der Waals surface area (Å²) in [5.41, 5.74) is 5.33. The minimum Gasteiger partial charge on any atom is -0.361 e. The number of halogens is 5. The van der Waals surface area contributed by atoms with Crippen LogP contribution in [0.1, 0.15) is 22.8 Å². The predicted molar refractivity (Wildman–Crippen MR) is 189 cm³/mol. The molecule has 0 atom stereocenters. The molecule has 11 heteroatoms. The Morgan fingerprint density at radius 1 is 0.625 bits per heavy atom. The van der Waals surface area contributed by atoms with E-state index in [2.05, 4.69) is 37.0 Å². The topological polar surface area (TPSA) is 70.0 Å². The molecule has 242 valence electrons. The lowest BCUT2D eigenvalue weighted by molar-refractivity contribution is 0.393. The van der Waals surface area contributed by atoms with Crippen molar-refractivity contribution in [3.63, 3.8) is 0 Å². The Hall–Kier alpha value is -4.74. The fraction of sp³-hybridized carbons (Fsp3) is 0.108. The van der Waals surface area contributed by atoms with Crippen molar-refractivity contribution in [3.8, 4) is 22.5 Å². The second-order valence-corrected chi connectivity index (χ2v) is 13.1. The smallest absolute Gasteiger partial charge is 0.189 e. The second kappa shape index (κ2) is 13.0. The average Bonchev–Trinajstić information content (AvgIpc) is 3.36. The zero-order chi connectivity index (χ0) is 34.4. The van der Waals surface area contributed by atoms with Crippen LogP contribution < -0.4 is 10.9 Å². The Labute approximate surface area is 289 Å². The van der Waals surface area contributed by atoms with Gasteiger partial charge < -0.3 is 13.7 Å². The number of hydrogen-bond donors (Lipinski definition) is 0. The molecule has 0 N–H and O–H groups in total. The molecule has 0 saturated heterocycles. The van der Waals surface area contributed by atoms with Crippen LogP contribution in [0.2, 0.25) is 0 Å². The molecule has 3 aromatic heterocycles. The first kappa shape index (κ1) is 33.2. The van der Waals surface area contributed by atoms with Gasteiger partial charge in [-0.1, -0.05) is 43.1 Å². The van der Waals surface area contributed by atoms with E-state index in [-0.39, 0.29) is 22.4 Å². The molecule has 0 radical (unpaired) electrons. The number of hydrogen-bond acceptors (Lipinski definition) is 4. The van der Waals surface area contributed by atoms with E-state index in [9.17, 15) is 22.8 Å². The normalized spacial score (nSPS) is 11.2. The molecule has 7 aromatic rings. The van der Waals surface area contributed by atoms with Crippen molar-refractivity contribution in [1.82, 2.24) is 14.3 Å². The fourth-order valence-corrected chi connectivity index (χ4v) is 6.56. The molecule has 0 bridgehead atoms. The van der Waals surface area contributed by atoms with E-state index in [0.29, 0.717) is 49.1 Å². The highest BCUT2D eigenvalue weighted by Crippen LogP contribution is 2.31. The van der Waals surface area contributed by atoms with Crippen LogP contribution in [-0.4, -0.2) is 14.3 Å².